The number of anilines is 1. The van der Waals surface area contributed by atoms with Crippen molar-refractivity contribution in [3.63, 3.8) is 0 Å². The van der Waals surface area contributed by atoms with Crippen LogP contribution in [-0.4, -0.2) is 90.8 Å². The number of hydrogen-bond donors (Lipinski definition) is 1. The number of carbonyl (C=O) groups excluding carboxylic acids is 4. The summed E-state index contributed by atoms with van der Waals surface area (Å²) in [6.45, 7) is 3.03. The molecule has 2 aliphatic heterocycles. The third-order valence-electron chi connectivity index (χ3n) is 6.14. The van der Waals surface area contributed by atoms with Gasteiger partial charge in [-0.2, -0.15) is 0 Å². The monoisotopic (exact) mass is 498 g/mol. The Kier molecular flexibility index (Phi) is 8.49. The number of ether oxygens (including phenoxy) is 1. The summed E-state index contributed by atoms with van der Waals surface area (Å²) >= 11 is 1.69. The van der Waals surface area contributed by atoms with Crippen molar-refractivity contribution in [2.24, 2.45) is 0 Å². The Morgan fingerprint density at radius 3 is 2.23 bits per heavy atom. The number of nitrogens with zero attached hydrogens (tertiary/aromatic N) is 3. The minimum atomic E-state index is -0.525. The van der Waals surface area contributed by atoms with Crippen LogP contribution < -0.4 is 5.32 Å². The molecule has 0 saturated carbocycles. The molecule has 10 heteroatoms. The molecule has 2 aromatic rings. The van der Waals surface area contributed by atoms with Gasteiger partial charge in [0.05, 0.1) is 13.2 Å². The number of carbonyl (C=O) groups is 4. The molecule has 35 heavy (non-hydrogen) atoms. The van der Waals surface area contributed by atoms with Crippen LogP contribution in [0.5, 0.6) is 0 Å². The van der Waals surface area contributed by atoms with Crippen LogP contribution >= 0.6 is 11.3 Å². The van der Waals surface area contributed by atoms with Crippen molar-refractivity contribution in [1.29, 1.82) is 0 Å². The van der Waals surface area contributed by atoms with Gasteiger partial charge in [0.25, 0.3) is 5.91 Å². The average Bonchev–Trinajstić information content (AvgIpc) is 3.42. The molecule has 0 atom stereocenters. The standard InChI is InChI=1S/C25H30N4O5S/c30-22(8-2-6-21-7-3-17-35-21)26-20-5-1-4-19(18-20)23(31)27-9-11-28(12-10-27)24(32)25(33)29-13-15-34-16-14-29/h1,3-5,7,17-18H,2,6,8-16H2,(H,26,30). The Hall–Kier alpha value is -3.24. The Balaban J connectivity index is 1.25. The van der Waals surface area contributed by atoms with E-state index in [4.69, 9.17) is 4.74 Å². The van der Waals surface area contributed by atoms with Gasteiger partial charge in [-0.3, -0.25) is 19.2 Å². The number of piperazine rings is 1. The molecular weight excluding hydrogens is 468 g/mol. The highest BCUT2D eigenvalue weighted by Crippen LogP contribution is 2.16. The lowest BCUT2D eigenvalue weighted by Gasteiger charge is -2.36. The molecule has 9 nitrogen and oxygen atoms in total. The number of rotatable bonds is 6. The van der Waals surface area contributed by atoms with E-state index < -0.39 is 11.8 Å². The molecule has 0 aliphatic carbocycles. The van der Waals surface area contributed by atoms with Crippen LogP contribution in [0.25, 0.3) is 0 Å². The Labute approximate surface area is 208 Å². The highest BCUT2D eigenvalue weighted by molar-refractivity contribution is 7.09. The third-order valence-corrected chi connectivity index (χ3v) is 7.07. The van der Waals surface area contributed by atoms with Gasteiger partial charge < -0.3 is 24.8 Å². The van der Waals surface area contributed by atoms with Crippen LogP contribution in [0.15, 0.2) is 41.8 Å². The third kappa shape index (κ3) is 6.67. The summed E-state index contributed by atoms with van der Waals surface area (Å²) in [5.74, 6) is -1.27. The van der Waals surface area contributed by atoms with Gasteiger partial charge in [0.1, 0.15) is 0 Å². The quantitative estimate of drug-likeness (QED) is 0.613. The fourth-order valence-electron chi connectivity index (χ4n) is 4.16. The van der Waals surface area contributed by atoms with Gasteiger partial charge in [-0.05, 0) is 42.5 Å². The van der Waals surface area contributed by atoms with E-state index in [1.807, 2.05) is 11.4 Å². The maximum absolute atomic E-state index is 13.0. The second-order valence-corrected chi connectivity index (χ2v) is 9.58. The van der Waals surface area contributed by atoms with Crippen molar-refractivity contribution < 1.29 is 23.9 Å². The first kappa shape index (κ1) is 24.9. The van der Waals surface area contributed by atoms with Gasteiger partial charge in [0.15, 0.2) is 0 Å². The molecule has 2 saturated heterocycles. The summed E-state index contributed by atoms with van der Waals surface area (Å²) in [5.41, 5.74) is 1.06. The molecule has 4 amide bonds. The first-order valence-electron chi connectivity index (χ1n) is 11.9. The van der Waals surface area contributed by atoms with Crippen molar-refractivity contribution in [1.82, 2.24) is 14.7 Å². The number of aryl methyl sites for hydroxylation is 1. The molecule has 1 aromatic heterocycles. The zero-order valence-electron chi connectivity index (χ0n) is 19.6. The molecule has 0 radical (unpaired) electrons. The molecule has 3 heterocycles. The predicted molar refractivity (Wildman–Crippen MR) is 132 cm³/mol. The zero-order chi connectivity index (χ0) is 24.6. The van der Waals surface area contributed by atoms with E-state index in [2.05, 4.69) is 11.4 Å². The predicted octanol–water partition coefficient (Wildman–Crippen LogP) is 1.85. The van der Waals surface area contributed by atoms with Gasteiger partial charge in [-0.25, -0.2) is 0 Å². The van der Waals surface area contributed by atoms with Gasteiger partial charge >= 0.3 is 11.8 Å². The normalized spacial score (nSPS) is 16.2. The fraction of sp³-hybridized carbons (Fsp3) is 0.440. The second kappa shape index (κ2) is 11.9. The van der Waals surface area contributed by atoms with Crippen molar-refractivity contribution in [3.05, 3.63) is 52.2 Å². The summed E-state index contributed by atoms with van der Waals surface area (Å²) in [6, 6.07) is 11.0. The van der Waals surface area contributed by atoms with Crippen LogP contribution in [0.2, 0.25) is 0 Å². The maximum atomic E-state index is 13.0. The minimum absolute atomic E-state index is 0.0804. The Morgan fingerprint density at radius 1 is 0.857 bits per heavy atom. The van der Waals surface area contributed by atoms with Gasteiger partial charge in [-0.15, -0.1) is 11.3 Å². The molecule has 0 bridgehead atoms. The van der Waals surface area contributed by atoms with E-state index in [0.717, 1.165) is 12.8 Å². The van der Waals surface area contributed by atoms with E-state index in [-0.39, 0.29) is 11.8 Å². The number of hydrogen-bond acceptors (Lipinski definition) is 6. The average molecular weight is 499 g/mol. The first-order valence-corrected chi connectivity index (χ1v) is 12.8. The molecule has 1 aromatic carbocycles. The first-order chi connectivity index (χ1) is 17.0. The highest BCUT2D eigenvalue weighted by Gasteiger charge is 2.31. The lowest BCUT2D eigenvalue weighted by Crippen LogP contribution is -2.55. The number of amides is 4. The van der Waals surface area contributed by atoms with E-state index in [0.29, 0.717) is 70.2 Å². The van der Waals surface area contributed by atoms with E-state index in [1.165, 1.54) is 14.7 Å². The molecule has 4 rings (SSSR count). The lowest BCUT2D eigenvalue weighted by molar-refractivity contribution is -0.154. The molecular formula is C25H30N4O5S. The topological polar surface area (TPSA) is 99.3 Å². The van der Waals surface area contributed by atoms with Crippen molar-refractivity contribution >= 4 is 40.7 Å². The smallest absolute Gasteiger partial charge is 0.312 e. The highest BCUT2D eigenvalue weighted by atomic mass is 32.1. The van der Waals surface area contributed by atoms with Crippen LogP contribution in [0, 0.1) is 0 Å². The van der Waals surface area contributed by atoms with Crippen molar-refractivity contribution in [2.75, 3.05) is 57.8 Å². The van der Waals surface area contributed by atoms with E-state index >= 15 is 0 Å². The summed E-state index contributed by atoms with van der Waals surface area (Å²) in [7, 11) is 0. The van der Waals surface area contributed by atoms with E-state index in [1.54, 1.807) is 40.5 Å². The van der Waals surface area contributed by atoms with Crippen LogP contribution in [-0.2, 0) is 25.5 Å². The van der Waals surface area contributed by atoms with Gasteiger partial charge in [-0.1, -0.05) is 12.1 Å². The number of thiophene rings is 1. The summed E-state index contributed by atoms with van der Waals surface area (Å²) in [4.78, 5) is 56.3. The molecule has 0 unspecified atom stereocenters. The maximum Gasteiger partial charge on any atom is 0.312 e. The van der Waals surface area contributed by atoms with E-state index in [9.17, 15) is 19.2 Å². The van der Waals surface area contributed by atoms with Crippen LogP contribution in [0.1, 0.15) is 28.1 Å². The van der Waals surface area contributed by atoms with Gasteiger partial charge in [0, 0.05) is 61.8 Å². The van der Waals surface area contributed by atoms with Crippen LogP contribution in [0.4, 0.5) is 5.69 Å². The Morgan fingerprint density at radius 2 is 1.54 bits per heavy atom. The Bertz CT molecular complexity index is 1040. The minimum Gasteiger partial charge on any atom is -0.378 e. The van der Waals surface area contributed by atoms with Crippen LogP contribution in [0.3, 0.4) is 0 Å². The molecule has 2 aliphatic rings. The molecule has 186 valence electrons. The lowest BCUT2D eigenvalue weighted by atomic mass is 10.1. The fourth-order valence-corrected chi connectivity index (χ4v) is 4.91. The van der Waals surface area contributed by atoms with Crippen molar-refractivity contribution in [2.45, 2.75) is 19.3 Å². The number of morpholine rings is 1. The molecule has 0 spiro atoms. The number of benzene rings is 1. The summed E-state index contributed by atoms with van der Waals surface area (Å²) in [6.07, 6.45) is 2.05. The largest absolute Gasteiger partial charge is 0.378 e. The SMILES string of the molecule is O=C(CCCc1cccs1)Nc1cccc(C(=O)N2CCN(C(=O)C(=O)N3CCOCC3)CC2)c1. The summed E-state index contributed by atoms with van der Waals surface area (Å²) < 4.78 is 5.23. The molecule has 2 fully saturated rings. The summed E-state index contributed by atoms with van der Waals surface area (Å²) in [5, 5.41) is 4.90. The number of nitrogens with one attached hydrogen (secondary N) is 1. The van der Waals surface area contributed by atoms with Crippen molar-refractivity contribution in [3.8, 4) is 0 Å². The zero-order valence-corrected chi connectivity index (χ0v) is 20.4. The molecule has 1 N–H and O–H groups in total. The second-order valence-electron chi connectivity index (χ2n) is 8.55. The van der Waals surface area contributed by atoms with Gasteiger partial charge in [0.2, 0.25) is 5.91 Å².